The van der Waals surface area contributed by atoms with Crippen LogP contribution in [-0.2, 0) is 13.0 Å². The standard InChI is InChI=1S/C26H22BrN7O/c1-4-21-29-23-14(2)11-15(3)28-26(23)34(21)13-16-9-10-20-19(12-16)22(27)24(35-20)17-7-5-6-8-18(17)25-30-32-33-31-25/h5-12H,4,13H2,1-3H3,(H,30,31,32,33). The lowest BCUT2D eigenvalue weighted by molar-refractivity contribution is 0.629. The first-order valence-electron chi connectivity index (χ1n) is 11.4. The topological polar surface area (TPSA) is 98.3 Å². The summed E-state index contributed by atoms with van der Waals surface area (Å²) in [6.07, 6.45) is 0.837. The van der Waals surface area contributed by atoms with Crippen LogP contribution < -0.4 is 0 Å². The number of hydrogen-bond acceptors (Lipinski definition) is 6. The van der Waals surface area contributed by atoms with Crippen LogP contribution in [0.1, 0.15) is 29.6 Å². The van der Waals surface area contributed by atoms with Gasteiger partial charge in [-0.25, -0.2) is 9.97 Å². The highest BCUT2D eigenvalue weighted by molar-refractivity contribution is 9.10. The van der Waals surface area contributed by atoms with Crippen molar-refractivity contribution in [2.24, 2.45) is 0 Å². The first-order valence-corrected chi connectivity index (χ1v) is 12.2. The van der Waals surface area contributed by atoms with Crippen LogP contribution in [0.15, 0.2) is 57.4 Å². The monoisotopic (exact) mass is 527 g/mol. The highest BCUT2D eigenvalue weighted by Gasteiger charge is 2.20. The first-order chi connectivity index (χ1) is 17.0. The molecule has 0 spiro atoms. The van der Waals surface area contributed by atoms with Crippen LogP contribution in [0.4, 0.5) is 0 Å². The lowest BCUT2D eigenvalue weighted by atomic mass is 10.0. The molecule has 9 heteroatoms. The summed E-state index contributed by atoms with van der Waals surface area (Å²) in [5.74, 6) is 2.28. The first kappa shape index (κ1) is 21.7. The van der Waals surface area contributed by atoms with E-state index in [2.05, 4.69) is 73.2 Å². The number of furan rings is 1. The molecule has 6 aromatic rings. The number of hydrogen-bond donors (Lipinski definition) is 1. The van der Waals surface area contributed by atoms with Crippen molar-refractivity contribution in [3.63, 3.8) is 0 Å². The quantitative estimate of drug-likeness (QED) is 0.294. The summed E-state index contributed by atoms with van der Waals surface area (Å²) in [4.78, 5) is 9.69. The molecule has 0 aliphatic heterocycles. The Hall–Kier alpha value is -3.85. The molecule has 0 bridgehead atoms. The largest absolute Gasteiger partial charge is 0.455 e. The van der Waals surface area contributed by atoms with Gasteiger partial charge in [-0.15, -0.1) is 10.2 Å². The zero-order valence-electron chi connectivity index (χ0n) is 19.5. The van der Waals surface area contributed by atoms with Crippen LogP contribution in [0.3, 0.4) is 0 Å². The van der Waals surface area contributed by atoms with Gasteiger partial charge in [-0.05, 0) is 64.3 Å². The Morgan fingerprint density at radius 2 is 1.86 bits per heavy atom. The smallest absolute Gasteiger partial charge is 0.205 e. The van der Waals surface area contributed by atoms with Gasteiger partial charge in [0.1, 0.15) is 22.7 Å². The molecule has 0 radical (unpaired) electrons. The van der Waals surface area contributed by atoms with Crippen molar-refractivity contribution in [3.05, 3.63) is 75.6 Å². The van der Waals surface area contributed by atoms with E-state index in [4.69, 9.17) is 14.4 Å². The molecule has 4 heterocycles. The molecule has 1 N–H and O–H groups in total. The van der Waals surface area contributed by atoms with E-state index >= 15 is 0 Å². The van der Waals surface area contributed by atoms with Gasteiger partial charge in [-0.3, -0.25) is 0 Å². The van der Waals surface area contributed by atoms with Gasteiger partial charge in [-0.1, -0.05) is 37.3 Å². The maximum atomic E-state index is 6.30. The maximum absolute atomic E-state index is 6.30. The van der Waals surface area contributed by atoms with Gasteiger partial charge in [0.2, 0.25) is 5.82 Å². The number of halogens is 1. The molecule has 35 heavy (non-hydrogen) atoms. The van der Waals surface area contributed by atoms with Crippen LogP contribution in [0.5, 0.6) is 0 Å². The Bertz CT molecular complexity index is 1700. The van der Waals surface area contributed by atoms with E-state index in [1.54, 1.807) is 0 Å². The molecular weight excluding hydrogens is 506 g/mol. The number of aromatic amines is 1. The fraction of sp³-hybridized carbons (Fsp3) is 0.192. The molecule has 0 aliphatic rings. The summed E-state index contributed by atoms with van der Waals surface area (Å²) in [6.45, 7) is 6.93. The maximum Gasteiger partial charge on any atom is 0.205 e. The van der Waals surface area contributed by atoms with Crippen molar-refractivity contribution in [2.45, 2.75) is 33.7 Å². The SMILES string of the molecule is CCc1nc2c(C)cc(C)nc2n1Cc1ccc2oc(-c3ccccc3-c3nn[nH]n3)c(Br)c2c1. The molecule has 2 aromatic carbocycles. The number of tetrazole rings is 1. The predicted octanol–water partition coefficient (Wildman–Crippen LogP) is 6.01. The minimum atomic E-state index is 0.519. The van der Waals surface area contributed by atoms with Crippen molar-refractivity contribution < 1.29 is 4.42 Å². The molecule has 0 aliphatic carbocycles. The number of nitrogens with zero attached hydrogens (tertiary/aromatic N) is 6. The third kappa shape index (κ3) is 3.63. The Morgan fingerprint density at radius 1 is 1.03 bits per heavy atom. The third-order valence-electron chi connectivity index (χ3n) is 6.21. The summed E-state index contributed by atoms with van der Waals surface area (Å²) < 4.78 is 9.41. The highest BCUT2D eigenvalue weighted by atomic mass is 79.9. The minimum absolute atomic E-state index is 0.519. The van der Waals surface area contributed by atoms with E-state index in [0.717, 1.165) is 72.6 Å². The number of aromatic nitrogens is 7. The lowest BCUT2D eigenvalue weighted by Gasteiger charge is -2.08. The van der Waals surface area contributed by atoms with Gasteiger partial charge in [0.05, 0.1) is 11.0 Å². The van der Waals surface area contributed by atoms with E-state index in [0.29, 0.717) is 12.4 Å². The lowest BCUT2D eigenvalue weighted by Crippen LogP contribution is -2.05. The van der Waals surface area contributed by atoms with Gasteiger partial charge >= 0.3 is 0 Å². The normalized spacial score (nSPS) is 11.7. The van der Waals surface area contributed by atoms with Crippen LogP contribution in [0.25, 0.3) is 44.8 Å². The van der Waals surface area contributed by atoms with Crippen molar-refractivity contribution in [2.75, 3.05) is 0 Å². The number of imidazole rings is 1. The number of nitrogens with one attached hydrogen (secondary N) is 1. The number of fused-ring (bicyclic) bond motifs is 2. The van der Waals surface area contributed by atoms with Crippen molar-refractivity contribution in [1.82, 2.24) is 35.2 Å². The fourth-order valence-electron chi connectivity index (χ4n) is 4.61. The van der Waals surface area contributed by atoms with Gasteiger partial charge in [-0.2, -0.15) is 5.21 Å². The van der Waals surface area contributed by atoms with Crippen molar-refractivity contribution >= 4 is 38.1 Å². The zero-order chi connectivity index (χ0) is 24.1. The molecule has 0 saturated carbocycles. The molecule has 0 atom stereocenters. The summed E-state index contributed by atoms with van der Waals surface area (Å²) in [5.41, 5.74) is 7.73. The molecular formula is C26H22BrN7O. The third-order valence-corrected chi connectivity index (χ3v) is 7.00. The molecule has 4 aromatic heterocycles. The molecule has 6 rings (SSSR count). The molecule has 8 nitrogen and oxygen atoms in total. The predicted molar refractivity (Wildman–Crippen MR) is 138 cm³/mol. The Balaban J connectivity index is 1.45. The van der Waals surface area contributed by atoms with Crippen LogP contribution in [0.2, 0.25) is 0 Å². The minimum Gasteiger partial charge on any atom is -0.455 e. The molecule has 0 unspecified atom stereocenters. The second kappa shape index (κ2) is 8.42. The summed E-state index contributed by atoms with van der Waals surface area (Å²) in [6, 6.07) is 16.2. The van der Waals surface area contributed by atoms with Crippen molar-refractivity contribution in [1.29, 1.82) is 0 Å². The highest BCUT2D eigenvalue weighted by Crippen LogP contribution is 2.41. The average molecular weight is 528 g/mol. The molecule has 0 amide bonds. The molecule has 0 saturated heterocycles. The van der Waals surface area contributed by atoms with E-state index in [-0.39, 0.29) is 0 Å². The molecule has 0 fully saturated rings. The van der Waals surface area contributed by atoms with E-state index in [9.17, 15) is 0 Å². The van der Waals surface area contributed by atoms with Crippen LogP contribution in [-0.4, -0.2) is 35.2 Å². The summed E-state index contributed by atoms with van der Waals surface area (Å²) >= 11 is 3.80. The number of pyridine rings is 1. The van der Waals surface area contributed by atoms with E-state index in [1.807, 2.05) is 37.3 Å². The summed E-state index contributed by atoms with van der Waals surface area (Å²) in [7, 11) is 0. The number of benzene rings is 2. The number of aryl methyl sites for hydroxylation is 3. The van der Waals surface area contributed by atoms with Crippen LogP contribution >= 0.6 is 15.9 Å². The van der Waals surface area contributed by atoms with Gasteiger partial charge < -0.3 is 8.98 Å². The molecule has 174 valence electrons. The van der Waals surface area contributed by atoms with Crippen LogP contribution in [0, 0.1) is 13.8 Å². The average Bonchev–Trinajstić information content (AvgIpc) is 3.58. The van der Waals surface area contributed by atoms with Gasteiger partial charge in [0.25, 0.3) is 0 Å². The van der Waals surface area contributed by atoms with E-state index in [1.165, 1.54) is 0 Å². The number of H-pyrrole nitrogens is 1. The van der Waals surface area contributed by atoms with Gasteiger partial charge in [0.15, 0.2) is 5.65 Å². The summed E-state index contributed by atoms with van der Waals surface area (Å²) in [5, 5.41) is 15.5. The van der Waals surface area contributed by atoms with E-state index < -0.39 is 0 Å². The van der Waals surface area contributed by atoms with Crippen molar-refractivity contribution in [3.8, 4) is 22.7 Å². The Morgan fingerprint density at radius 3 is 2.63 bits per heavy atom. The van der Waals surface area contributed by atoms with Gasteiger partial charge in [0, 0.05) is 28.6 Å². The second-order valence-electron chi connectivity index (χ2n) is 8.58. The number of rotatable bonds is 5. The zero-order valence-corrected chi connectivity index (χ0v) is 21.1. The second-order valence-corrected chi connectivity index (χ2v) is 9.37. The Kier molecular flexibility index (Phi) is 5.21. The fourth-order valence-corrected chi connectivity index (χ4v) is 5.21. The Labute approximate surface area is 209 Å².